The van der Waals surface area contributed by atoms with E-state index < -0.39 is 0 Å². The predicted molar refractivity (Wildman–Crippen MR) is 114 cm³/mol. The number of hydrogen-bond donors (Lipinski definition) is 3. The summed E-state index contributed by atoms with van der Waals surface area (Å²) in [5, 5.41) is 3.68. The second-order valence-corrected chi connectivity index (χ2v) is 8.14. The Hall–Kier alpha value is -2.25. The van der Waals surface area contributed by atoms with Crippen molar-refractivity contribution in [1.29, 1.82) is 0 Å². The molecular weight excluding hydrogens is 367 g/mol. The summed E-state index contributed by atoms with van der Waals surface area (Å²) in [5.41, 5.74) is 7.85. The van der Waals surface area contributed by atoms with Crippen molar-refractivity contribution in [2.24, 2.45) is 5.41 Å². The summed E-state index contributed by atoms with van der Waals surface area (Å²) in [5.74, 6) is 1.28. The van der Waals surface area contributed by atoms with Gasteiger partial charge in [0.1, 0.15) is 23.1 Å². The zero-order valence-electron chi connectivity index (χ0n) is 17.5. The lowest BCUT2D eigenvalue weighted by Crippen LogP contribution is -2.59. The summed E-state index contributed by atoms with van der Waals surface area (Å²) < 4.78 is 14.6. The van der Waals surface area contributed by atoms with Crippen LogP contribution in [0.5, 0.6) is 0 Å². The van der Waals surface area contributed by atoms with E-state index in [1.807, 2.05) is 26.0 Å². The summed E-state index contributed by atoms with van der Waals surface area (Å²) in [4.78, 5) is 11.3. The highest BCUT2D eigenvalue weighted by atomic mass is 19.1. The third kappa shape index (κ3) is 3.69. The van der Waals surface area contributed by atoms with E-state index in [0.717, 1.165) is 36.8 Å². The molecule has 3 N–H and O–H groups in total. The van der Waals surface area contributed by atoms with E-state index in [0.29, 0.717) is 17.2 Å². The van der Waals surface area contributed by atoms with Crippen LogP contribution in [0.2, 0.25) is 0 Å². The van der Waals surface area contributed by atoms with Gasteiger partial charge in [-0.3, -0.25) is 0 Å². The maximum atomic E-state index is 14.6. The Morgan fingerprint density at radius 3 is 2.79 bits per heavy atom. The first-order valence-electron chi connectivity index (χ1n) is 10.8. The number of halogens is 1. The largest absolute Gasteiger partial charge is 0.354 e. The molecule has 1 saturated heterocycles. The van der Waals surface area contributed by atoms with Crippen molar-refractivity contribution in [3.8, 4) is 0 Å². The van der Waals surface area contributed by atoms with Crippen LogP contribution in [0, 0.1) is 11.2 Å². The van der Waals surface area contributed by atoms with E-state index in [2.05, 4.69) is 33.0 Å². The number of fused-ring (bicyclic) bond motifs is 1. The average molecular weight is 399 g/mol. The number of nitrogens with zero attached hydrogens (tertiary/aromatic N) is 3. The van der Waals surface area contributed by atoms with Gasteiger partial charge >= 0.3 is 0 Å². The van der Waals surface area contributed by atoms with Crippen molar-refractivity contribution in [3.63, 3.8) is 0 Å². The first-order valence-corrected chi connectivity index (χ1v) is 10.8. The number of rotatable bonds is 3. The molecule has 3 aliphatic rings. The van der Waals surface area contributed by atoms with Gasteiger partial charge in [0.05, 0.1) is 6.04 Å². The molecule has 4 heterocycles. The Balaban J connectivity index is 0.000000994. The minimum absolute atomic E-state index is 0.299. The second kappa shape index (κ2) is 8.24. The molecule has 2 atom stereocenters. The maximum Gasteiger partial charge on any atom is 0.146 e. The Morgan fingerprint density at radius 2 is 2.03 bits per heavy atom. The summed E-state index contributed by atoms with van der Waals surface area (Å²) >= 11 is 0. The summed E-state index contributed by atoms with van der Waals surface area (Å²) in [6.07, 6.45) is 5.60. The fourth-order valence-electron chi connectivity index (χ4n) is 4.52. The van der Waals surface area contributed by atoms with Crippen LogP contribution in [0.1, 0.15) is 57.3 Å². The van der Waals surface area contributed by atoms with E-state index >= 15 is 0 Å². The van der Waals surface area contributed by atoms with Gasteiger partial charge in [-0.2, -0.15) is 0 Å². The Bertz CT molecular complexity index is 853. The Labute approximate surface area is 172 Å². The minimum Gasteiger partial charge on any atom is -0.354 e. The van der Waals surface area contributed by atoms with Crippen molar-refractivity contribution in [3.05, 3.63) is 47.5 Å². The van der Waals surface area contributed by atoms with E-state index in [1.165, 1.54) is 25.3 Å². The minimum atomic E-state index is -0.337. The molecule has 0 radical (unpaired) electrons. The quantitative estimate of drug-likeness (QED) is 0.734. The number of nitrogens with one attached hydrogen (secondary N) is 3. The molecule has 2 aromatic rings. The zero-order valence-corrected chi connectivity index (χ0v) is 17.5. The fourth-order valence-corrected chi connectivity index (χ4v) is 4.52. The number of aromatic nitrogens is 2. The molecule has 7 heteroatoms. The molecule has 2 unspecified atom stereocenters. The molecule has 2 aromatic heterocycles. The zero-order chi connectivity index (χ0) is 20.4. The first-order chi connectivity index (χ1) is 14.1. The lowest BCUT2D eigenvalue weighted by molar-refractivity contribution is 0.0937. The summed E-state index contributed by atoms with van der Waals surface area (Å²) in [7, 11) is 0. The molecule has 156 valence electrons. The highest BCUT2D eigenvalue weighted by Crippen LogP contribution is 2.44. The first kappa shape index (κ1) is 20.0. The molecule has 1 saturated carbocycles. The number of pyridine rings is 2. The average Bonchev–Trinajstić information content (AvgIpc) is 3.18. The second-order valence-electron chi connectivity index (χ2n) is 8.14. The molecule has 2 fully saturated rings. The van der Waals surface area contributed by atoms with E-state index in [-0.39, 0.29) is 11.9 Å². The van der Waals surface area contributed by atoms with Gasteiger partial charge in [0, 0.05) is 37.4 Å². The van der Waals surface area contributed by atoms with Gasteiger partial charge in [-0.1, -0.05) is 33.3 Å². The van der Waals surface area contributed by atoms with Crippen LogP contribution in [-0.2, 0) is 0 Å². The van der Waals surface area contributed by atoms with Crippen LogP contribution in [0.25, 0.3) is 0 Å². The molecule has 0 amide bonds. The standard InChI is InChI=1S/C20H25FN6.C2H6/c1-20(7-3-8-20)15-12-27(11-10-22-15)16-6-5-14(21)18(24-16)17-13-4-2-9-23-19(13)26-25-17;1-2/h2,4-6,9,15,17,22,25H,3,7-8,10-12H2,1H3,(H,23,26);1-2H3. The van der Waals surface area contributed by atoms with Crippen LogP contribution in [0.3, 0.4) is 0 Å². The summed E-state index contributed by atoms with van der Waals surface area (Å²) in [6.45, 7) is 9.12. The lowest BCUT2D eigenvalue weighted by Gasteiger charge is -2.49. The molecule has 6 nitrogen and oxygen atoms in total. The number of hydrogen-bond acceptors (Lipinski definition) is 6. The Morgan fingerprint density at radius 1 is 1.21 bits per heavy atom. The van der Waals surface area contributed by atoms with Crippen molar-refractivity contribution < 1.29 is 4.39 Å². The van der Waals surface area contributed by atoms with E-state index in [9.17, 15) is 4.39 Å². The third-order valence-corrected chi connectivity index (χ3v) is 6.45. The molecule has 0 aromatic carbocycles. The van der Waals surface area contributed by atoms with Gasteiger partial charge in [-0.25, -0.2) is 19.8 Å². The molecule has 29 heavy (non-hydrogen) atoms. The van der Waals surface area contributed by atoms with Crippen molar-refractivity contribution >= 4 is 11.6 Å². The van der Waals surface area contributed by atoms with Crippen LogP contribution in [-0.4, -0.2) is 35.6 Å². The van der Waals surface area contributed by atoms with Crippen molar-refractivity contribution in [2.45, 2.75) is 52.1 Å². The smallest absolute Gasteiger partial charge is 0.146 e. The molecule has 1 aliphatic carbocycles. The molecule has 2 aliphatic heterocycles. The molecule has 0 bridgehead atoms. The van der Waals surface area contributed by atoms with Crippen LogP contribution in [0.4, 0.5) is 16.0 Å². The van der Waals surface area contributed by atoms with Crippen LogP contribution < -0.4 is 21.1 Å². The van der Waals surface area contributed by atoms with Gasteiger partial charge < -0.3 is 15.6 Å². The molecule has 5 rings (SSSR count). The van der Waals surface area contributed by atoms with E-state index in [1.54, 1.807) is 12.3 Å². The monoisotopic (exact) mass is 398 g/mol. The van der Waals surface area contributed by atoms with Gasteiger partial charge in [0.2, 0.25) is 0 Å². The van der Waals surface area contributed by atoms with Crippen molar-refractivity contribution in [2.75, 3.05) is 30.0 Å². The van der Waals surface area contributed by atoms with Crippen LogP contribution in [0.15, 0.2) is 30.5 Å². The highest BCUT2D eigenvalue weighted by molar-refractivity contribution is 5.53. The summed E-state index contributed by atoms with van der Waals surface area (Å²) in [6, 6.07) is 7.28. The van der Waals surface area contributed by atoms with Gasteiger partial charge in [0.25, 0.3) is 0 Å². The van der Waals surface area contributed by atoms with Crippen molar-refractivity contribution in [1.82, 2.24) is 20.7 Å². The maximum absolute atomic E-state index is 14.6. The number of piperazine rings is 1. The van der Waals surface area contributed by atoms with Gasteiger partial charge in [-0.05, 0) is 36.5 Å². The number of hydrazine groups is 1. The fraction of sp³-hybridized carbons (Fsp3) is 0.545. The predicted octanol–water partition coefficient (Wildman–Crippen LogP) is 3.63. The SMILES string of the molecule is CC.CC1(C2CN(c3ccc(F)c(C4NNc5ncccc54)n3)CCN2)CCC1. The van der Waals surface area contributed by atoms with Gasteiger partial charge in [0.15, 0.2) is 0 Å². The van der Waals surface area contributed by atoms with Crippen LogP contribution >= 0.6 is 0 Å². The number of anilines is 2. The van der Waals surface area contributed by atoms with E-state index in [4.69, 9.17) is 4.98 Å². The third-order valence-electron chi connectivity index (χ3n) is 6.45. The lowest BCUT2D eigenvalue weighted by atomic mass is 9.65. The molecular formula is C22H31FN6. The highest BCUT2D eigenvalue weighted by Gasteiger charge is 2.41. The van der Waals surface area contributed by atoms with Gasteiger partial charge in [-0.15, -0.1) is 0 Å². The molecule has 0 spiro atoms. The topological polar surface area (TPSA) is 65.1 Å². The normalized spacial score (nSPS) is 24.6. The Kier molecular flexibility index (Phi) is 5.69.